The molecule has 1 aliphatic heterocycles. The van der Waals surface area contributed by atoms with Crippen molar-refractivity contribution in [1.82, 2.24) is 9.21 Å². The van der Waals surface area contributed by atoms with Gasteiger partial charge in [-0.05, 0) is 50.6 Å². The van der Waals surface area contributed by atoms with Gasteiger partial charge in [-0.1, -0.05) is 6.07 Å². The number of carbonyl (C=O) groups excluding carboxylic acids is 2. The second-order valence-corrected chi connectivity index (χ2v) is 8.92. The Kier molecular flexibility index (Phi) is 6.38. The predicted octanol–water partition coefficient (Wildman–Crippen LogP) is 0.381. The molecule has 2 rings (SSSR count). The van der Waals surface area contributed by atoms with Gasteiger partial charge in [0.15, 0.2) is 0 Å². The maximum atomic E-state index is 12.3. The Balaban J connectivity index is 2.02. The molecule has 144 valence electrons. The number of benzene rings is 1. The molecule has 0 spiro atoms. The van der Waals surface area contributed by atoms with E-state index in [4.69, 9.17) is 5.73 Å². The summed E-state index contributed by atoms with van der Waals surface area (Å²) in [6, 6.07) is 4.67. The number of rotatable bonds is 6. The number of nitrogens with zero attached hydrogens (tertiary/aromatic N) is 2. The molecule has 9 heteroatoms. The third-order valence-electron chi connectivity index (χ3n) is 4.62. The molecule has 0 unspecified atom stereocenters. The molecule has 2 amide bonds. The lowest BCUT2D eigenvalue weighted by atomic mass is 9.96. The number of likely N-dealkylation sites (tertiary alicyclic amines) is 1. The van der Waals surface area contributed by atoms with E-state index in [9.17, 15) is 18.0 Å². The first-order valence-corrected chi connectivity index (χ1v) is 9.90. The number of nitrogens with two attached hydrogens (primary N) is 1. The van der Waals surface area contributed by atoms with Gasteiger partial charge in [-0.3, -0.25) is 14.5 Å². The van der Waals surface area contributed by atoms with Crippen molar-refractivity contribution in [2.24, 2.45) is 11.7 Å². The Morgan fingerprint density at radius 1 is 1.27 bits per heavy atom. The van der Waals surface area contributed by atoms with Crippen LogP contribution >= 0.6 is 0 Å². The molecule has 0 radical (unpaired) electrons. The second kappa shape index (κ2) is 8.15. The van der Waals surface area contributed by atoms with Crippen LogP contribution in [0.3, 0.4) is 0 Å². The van der Waals surface area contributed by atoms with Crippen molar-refractivity contribution in [3.63, 3.8) is 0 Å². The molecule has 1 aromatic carbocycles. The van der Waals surface area contributed by atoms with Gasteiger partial charge < -0.3 is 11.1 Å². The van der Waals surface area contributed by atoms with Gasteiger partial charge in [0.1, 0.15) is 0 Å². The van der Waals surface area contributed by atoms with Crippen molar-refractivity contribution in [3.8, 4) is 0 Å². The van der Waals surface area contributed by atoms with Gasteiger partial charge in [-0.15, -0.1) is 0 Å². The number of piperidine rings is 1. The number of amides is 2. The first-order valence-electron chi connectivity index (χ1n) is 8.46. The molecule has 1 fully saturated rings. The molecule has 0 atom stereocenters. The van der Waals surface area contributed by atoms with Crippen molar-refractivity contribution in [2.75, 3.05) is 39.0 Å². The zero-order valence-electron chi connectivity index (χ0n) is 15.4. The van der Waals surface area contributed by atoms with Gasteiger partial charge in [0.2, 0.25) is 21.8 Å². The Hall–Kier alpha value is -1.97. The van der Waals surface area contributed by atoms with Crippen LogP contribution < -0.4 is 11.1 Å². The predicted molar refractivity (Wildman–Crippen MR) is 99.0 cm³/mol. The highest BCUT2D eigenvalue weighted by Gasteiger charge is 2.24. The molecule has 0 aliphatic carbocycles. The molecular formula is C17H26N4O4S. The highest BCUT2D eigenvalue weighted by atomic mass is 32.2. The van der Waals surface area contributed by atoms with Crippen molar-refractivity contribution >= 4 is 27.5 Å². The number of nitrogens with one attached hydrogen (secondary N) is 1. The van der Waals surface area contributed by atoms with Crippen LogP contribution in [0.4, 0.5) is 5.69 Å². The number of carbonyl (C=O) groups is 2. The molecule has 3 N–H and O–H groups in total. The van der Waals surface area contributed by atoms with Gasteiger partial charge in [0.05, 0.1) is 11.4 Å². The van der Waals surface area contributed by atoms with E-state index in [1.54, 1.807) is 13.0 Å². The molecular weight excluding hydrogens is 356 g/mol. The Bertz CT molecular complexity index is 784. The minimum atomic E-state index is -3.57. The molecule has 1 saturated heterocycles. The summed E-state index contributed by atoms with van der Waals surface area (Å²) in [5, 5.41) is 2.79. The minimum Gasteiger partial charge on any atom is -0.369 e. The van der Waals surface area contributed by atoms with Gasteiger partial charge in [0, 0.05) is 25.7 Å². The Morgan fingerprint density at radius 2 is 1.88 bits per heavy atom. The first-order chi connectivity index (χ1) is 12.1. The topological polar surface area (TPSA) is 113 Å². The minimum absolute atomic E-state index is 0.121. The van der Waals surface area contributed by atoms with Gasteiger partial charge >= 0.3 is 0 Å². The second-order valence-electron chi connectivity index (χ2n) is 6.77. The molecule has 1 heterocycles. The fourth-order valence-corrected chi connectivity index (χ4v) is 3.80. The number of sulfonamides is 1. The lowest BCUT2D eigenvalue weighted by Gasteiger charge is -2.29. The summed E-state index contributed by atoms with van der Waals surface area (Å²) in [5.74, 6) is -0.627. The number of hydrogen-bond donors (Lipinski definition) is 2. The number of aryl methyl sites for hydroxylation is 1. The summed E-state index contributed by atoms with van der Waals surface area (Å²) in [6.07, 6.45) is 1.30. The average Bonchev–Trinajstić information content (AvgIpc) is 2.57. The summed E-state index contributed by atoms with van der Waals surface area (Å²) < 4.78 is 25.6. The smallest absolute Gasteiger partial charge is 0.242 e. The van der Waals surface area contributed by atoms with E-state index in [2.05, 4.69) is 5.32 Å². The van der Waals surface area contributed by atoms with Crippen LogP contribution in [0.5, 0.6) is 0 Å². The first kappa shape index (κ1) is 20.3. The summed E-state index contributed by atoms with van der Waals surface area (Å²) in [4.78, 5) is 25.6. The molecule has 1 aromatic rings. The maximum Gasteiger partial charge on any atom is 0.242 e. The van der Waals surface area contributed by atoms with Gasteiger partial charge in [0.25, 0.3) is 0 Å². The monoisotopic (exact) mass is 382 g/mol. The molecule has 1 aliphatic rings. The Morgan fingerprint density at radius 3 is 2.42 bits per heavy atom. The van der Waals surface area contributed by atoms with Crippen molar-refractivity contribution in [3.05, 3.63) is 23.8 Å². The Labute approximate surface area is 154 Å². The van der Waals surface area contributed by atoms with E-state index in [-0.39, 0.29) is 29.2 Å². The van der Waals surface area contributed by atoms with Crippen molar-refractivity contribution in [1.29, 1.82) is 0 Å². The van der Waals surface area contributed by atoms with Crippen LogP contribution in [-0.2, 0) is 19.6 Å². The summed E-state index contributed by atoms with van der Waals surface area (Å²) in [6.45, 7) is 3.26. The third-order valence-corrected chi connectivity index (χ3v) is 6.43. The highest BCUT2D eigenvalue weighted by Crippen LogP contribution is 2.22. The standard InChI is InChI=1S/C17H26N4O4S/c1-12-4-5-14(26(24,25)20(2)3)10-15(12)19-16(22)11-21-8-6-13(7-9-21)17(18)23/h4-5,10,13H,6-9,11H2,1-3H3,(H2,18,23)(H,19,22). The van der Waals surface area contributed by atoms with E-state index < -0.39 is 10.0 Å². The highest BCUT2D eigenvalue weighted by molar-refractivity contribution is 7.89. The largest absolute Gasteiger partial charge is 0.369 e. The lowest BCUT2D eigenvalue weighted by Crippen LogP contribution is -2.42. The van der Waals surface area contributed by atoms with E-state index in [0.717, 1.165) is 9.87 Å². The molecule has 0 aromatic heterocycles. The number of hydrogen-bond acceptors (Lipinski definition) is 5. The fraction of sp³-hybridized carbons (Fsp3) is 0.529. The molecule has 0 saturated carbocycles. The van der Waals surface area contributed by atoms with Crippen LogP contribution in [0.25, 0.3) is 0 Å². The van der Waals surface area contributed by atoms with Crippen LogP contribution in [0.2, 0.25) is 0 Å². The summed E-state index contributed by atoms with van der Waals surface area (Å²) in [7, 11) is -0.643. The van der Waals surface area contributed by atoms with Gasteiger partial charge in [-0.2, -0.15) is 0 Å². The molecule has 8 nitrogen and oxygen atoms in total. The normalized spacial score (nSPS) is 16.6. The zero-order chi connectivity index (χ0) is 19.5. The lowest BCUT2D eigenvalue weighted by molar-refractivity contribution is -0.123. The van der Waals surface area contributed by atoms with Crippen molar-refractivity contribution < 1.29 is 18.0 Å². The summed E-state index contributed by atoms with van der Waals surface area (Å²) >= 11 is 0. The van der Waals surface area contributed by atoms with E-state index >= 15 is 0 Å². The quantitative estimate of drug-likeness (QED) is 0.739. The van der Waals surface area contributed by atoms with E-state index in [0.29, 0.717) is 31.6 Å². The van der Waals surface area contributed by atoms with Crippen LogP contribution in [0.1, 0.15) is 18.4 Å². The molecule has 0 bridgehead atoms. The zero-order valence-corrected chi connectivity index (χ0v) is 16.2. The third kappa shape index (κ3) is 4.80. The molecule has 26 heavy (non-hydrogen) atoms. The number of anilines is 1. The maximum absolute atomic E-state index is 12.3. The van der Waals surface area contributed by atoms with E-state index in [1.807, 2.05) is 4.90 Å². The van der Waals surface area contributed by atoms with Crippen molar-refractivity contribution in [2.45, 2.75) is 24.7 Å². The van der Waals surface area contributed by atoms with Crippen LogP contribution in [-0.4, -0.2) is 63.2 Å². The SMILES string of the molecule is Cc1ccc(S(=O)(=O)N(C)C)cc1NC(=O)CN1CCC(C(N)=O)CC1. The fourth-order valence-electron chi connectivity index (χ4n) is 2.88. The summed E-state index contributed by atoms with van der Waals surface area (Å²) in [5.41, 5.74) is 6.57. The van der Waals surface area contributed by atoms with Crippen LogP contribution in [0, 0.1) is 12.8 Å². The van der Waals surface area contributed by atoms with Crippen LogP contribution in [0.15, 0.2) is 23.1 Å². The number of primary amides is 1. The van der Waals surface area contributed by atoms with E-state index in [1.165, 1.54) is 26.2 Å². The average molecular weight is 382 g/mol. The van der Waals surface area contributed by atoms with Gasteiger partial charge in [-0.25, -0.2) is 12.7 Å².